The SMILES string of the molecule is CC(C)CNC(=O)Nc1ccc(N(C)Cc2ccccc2)cc1. The highest BCUT2D eigenvalue weighted by atomic mass is 16.2. The monoisotopic (exact) mass is 311 g/mol. The molecule has 0 aromatic heterocycles. The van der Waals surface area contributed by atoms with E-state index in [1.165, 1.54) is 5.56 Å². The number of nitrogens with one attached hydrogen (secondary N) is 2. The molecule has 23 heavy (non-hydrogen) atoms. The predicted molar refractivity (Wildman–Crippen MR) is 96.9 cm³/mol. The molecule has 2 aromatic carbocycles. The van der Waals surface area contributed by atoms with Gasteiger partial charge in [0.2, 0.25) is 0 Å². The molecule has 0 bridgehead atoms. The molecule has 0 aliphatic heterocycles. The first-order valence-corrected chi connectivity index (χ1v) is 7.94. The molecule has 0 aliphatic rings. The number of rotatable bonds is 6. The minimum absolute atomic E-state index is 0.163. The van der Waals surface area contributed by atoms with Crippen LogP contribution in [0.2, 0.25) is 0 Å². The summed E-state index contributed by atoms with van der Waals surface area (Å²) in [6.45, 7) is 5.65. The Morgan fingerprint density at radius 3 is 2.30 bits per heavy atom. The molecule has 0 fully saturated rings. The van der Waals surface area contributed by atoms with Crippen LogP contribution in [0, 0.1) is 5.92 Å². The van der Waals surface area contributed by atoms with E-state index in [0.717, 1.165) is 17.9 Å². The topological polar surface area (TPSA) is 44.4 Å². The summed E-state index contributed by atoms with van der Waals surface area (Å²) in [7, 11) is 2.06. The third-order valence-corrected chi connectivity index (χ3v) is 3.50. The van der Waals surface area contributed by atoms with Crippen LogP contribution >= 0.6 is 0 Å². The summed E-state index contributed by atoms with van der Waals surface area (Å²) in [6.07, 6.45) is 0. The van der Waals surface area contributed by atoms with Crippen molar-refractivity contribution in [2.75, 3.05) is 23.8 Å². The van der Waals surface area contributed by atoms with E-state index in [9.17, 15) is 4.79 Å². The Bertz CT molecular complexity index is 608. The van der Waals surface area contributed by atoms with Crippen LogP contribution in [-0.4, -0.2) is 19.6 Å². The van der Waals surface area contributed by atoms with Crippen molar-refractivity contribution < 1.29 is 4.79 Å². The molecular weight excluding hydrogens is 286 g/mol. The lowest BCUT2D eigenvalue weighted by molar-refractivity contribution is 0.251. The normalized spacial score (nSPS) is 10.4. The van der Waals surface area contributed by atoms with E-state index in [1.54, 1.807) is 0 Å². The maximum Gasteiger partial charge on any atom is 0.319 e. The van der Waals surface area contributed by atoms with Gasteiger partial charge < -0.3 is 15.5 Å². The number of urea groups is 1. The Morgan fingerprint density at radius 2 is 1.70 bits per heavy atom. The first-order valence-electron chi connectivity index (χ1n) is 7.94. The highest BCUT2D eigenvalue weighted by molar-refractivity contribution is 5.89. The Kier molecular flexibility index (Phi) is 6.03. The Morgan fingerprint density at radius 1 is 1.04 bits per heavy atom. The highest BCUT2D eigenvalue weighted by Gasteiger charge is 2.05. The van der Waals surface area contributed by atoms with Crippen molar-refractivity contribution in [3.05, 3.63) is 60.2 Å². The van der Waals surface area contributed by atoms with Crippen LogP contribution in [0.5, 0.6) is 0 Å². The maximum absolute atomic E-state index is 11.7. The van der Waals surface area contributed by atoms with Gasteiger partial charge in [0.15, 0.2) is 0 Å². The second-order valence-electron chi connectivity index (χ2n) is 6.12. The quantitative estimate of drug-likeness (QED) is 0.843. The van der Waals surface area contributed by atoms with Crippen molar-refractivity contribution in [3.63, 3.8) is 0 Å². The van der Waals surface area contributed by atoms with E-state index in [-0.39, 0.29) is 6.03 Å². The summed E-state index contributed by atoms with van der Waals surface area (Å²) >= 11 is 0. The molecule has 0 spiro atoms. The zero-order valence-corrected chi connectivity index (χ0v) is 14.0. The molecule has 4 nitrogen and oxygen atoms in total. The molecule has 0 heterocycles. The van der Waals surface area contributed by atoms with Crippen LogP contribution in [0.3, 0.4) is 0 Å². The van der Waals surface area contributed by atoms with E-state index in [4.69, 9.17) is 0 Å². The van der Waals surface area contributed by atoms with Gasteiger partial charge in [-0.25, -0.2) is 4.79 Å². The van der Waals surface area contributed by atoms with Gasteiger partial charge in [0.05, 0.1) is 0 Å². The van der Waals surface area contributed by atoms with Gasteiger partial charge in [-0.3, -0.25) is 0 Å². The molecule has 0 saturated carbocycles. The number of nitrogens with zero attached hydrogens (tertiary/aromatic N) is 1. The Labute approximate surface area is 138 Å². The third kappa shape index (κ3) is 5.66. The van der Waals surface area contributed by atoms with E-state index >= 15 is 0 Å². The molecule has 2 N–H and O–H groups in total. The van der Waals surface area contributed by atoms with Gasteiger partial charge >= 0.3 is 6.03 Å². The second kappa shape index (κ2) is 8.22. The van der Waals surface area contributed by atoms with Crippen LogP contribution in [0.25, 0.3) is 0 Å². The second-order valence-corrected chi connectivity index (χ2v) is 6.12. The number of hydrogen-bond acceptors (Lipinski definition) is 2. The van der Waals surface area contributed by atoms with Gasteiger partial charge in [-0.1, -0.05) is 44.2 Å². The van der Waals surface area contributed by atoms with E-state index < -0.39 is 0 Å². The van der Waals surface area contributed by atoms with Crippen molar-refractivity contribution >= 4 is 17.4 Å². The fourth-order valence-corrected chi connectivity index (χ4v) is 2.22. The van der Waals surface area contributed by atoms with Crippen LogP contribution in [0.4, 0.5) is 16.2 Å². The van der Waals surface area contributed by atoms with Crippen molar-refractivity contribution in [2.24, 2.45) is 5.92 Å². The van der Waals surface area contributed by atoms with E-state index in [2.05, 4.69) is 48.6 Å². The first kappa shape index (κ1) is 16.9. The summed E-state index contributed by atoms with van der Waals surface area (Å²) in [5, 5.41) is 5.68. The summed E-state index contributed by atoms with van der Waals surface area (Å²) in [5.74, 6) is 0.440. The smallest absolute Gasteiger partial charge is 0.319 e. The Balaban J connectivity index is 1.90. The van der Waals surface area contributed by atoms with Crippen LogP contribution in [0.1, 0.15) is 19.4 Å². The molecule has 2 amide bonds. The highest BCUT2D eigenvalue weighted by Crippen LogP contribution is 2.18. The number of amides is 2. The van der Waals surface area contributed by atoms with Gasteiger partial charge in [-0.15, -0.1) is 0 Å². The summed E-state index contributed by atoms with van der Waals surface area (Å²) in [4.78, 5) is 13.9. The molecule has 0 radical (unpaired) electrons. The van der Waals surface area contributed by atoms with Crippen molar-refractivity contribution in [2.45, 2.75) is 20.4 Å². The maximum atomic E-state index is 11.7. The van der Waals surface area contributed by atoms with Crippen molar-refractivity contribution in [3.8, 4) is 0 Å². The number of anilines is 2. The zero-order chi connectivity index (χ0) is 16.7. The molecule has 122 valence electrons. The fourth-order valence-electron chi connectivity index (χ4n) is 2.22. The molecule has 0 atom stereocenters. The number of benzene rings is 2. The molecule has 0 unspecified atom stereocenters. The standard InChI is InChI=1S/C19H25N3O/c1-15(2)13-20-19(23)21-17-9-11-18(12-10-17)22(3)14-16-7-5-4-6-8-16/h4-12,15H,13-14H2,1-3H3,(H2,20,21,23). The molecule has 4 heteroatoms. The van der Waals surface area contributed by atoms with Crippen LogP contribution in [-0.2, 0) is 6.54 Å². The van der Waals surface area contributed by atoms with Crippen LogP contribution < -0.4 is 15.5 Å². The zero-order valence-electron chi connectivity index (χ0n) is 14.0. The minimum atomic E-state index is -0.163. The molecular formula is C19H25N3O. The lowest BCUT2D eigenvalue weighted by atomic mass is 10.2. The van der Waals surface area contributed by atoms with Crippen molar-refractivity contribution in [1.82, 2.24) is 5.32 Å². The van der Waals surface area contributed by atoms with Crippen molar-refractivity contribution in [1.29, 1.82) is 0 Å². The van der Waals surface area contributed by atoms with Crippen LogP contribution in [0.15, 0.2) is 54.6 Å². The average Bonchev–Trinajstić information content (AvgIpc) is 2.54. The molecule has 2 rings (SSSR count). The molecule has 0 aliphatic carbocycles. The third-order valence-electron chi connectivity index (χ3n) is 3.50. The predicted octanol–water partition coefficient (Wildman–Crippen LogP) is 4.10. The van der Waals surface area contributed by atoms with E-state index in [1.807, 2.05) is 42.5 Å². The van der Waals surface area contributed by atoms with Gasteiger partial charge in [0.1, 0.15) is 0 Å². The average molecular weight is 311 g/mol. The van der Waals surface area contributed by atoms with Gasteiger partial charge in [0.25, 0.3) is 0 Å². The Hall–Kier alpha value is -2.49. The largest absolute Gasteiger partial charge is 0.370 e. The lowest BCUT2D eigenvalue weighted by Crippen LogP contribution is -2.31. The number of carbonyl (C=O) groups excluding carboxylic acids is 1. The van der Waals surface area contributed by atoms with E-state index in [0.29, 0.717) is 12.5 Å². The molecule has 0 saturated heterocycles. The number of carbonyl (C=O) groups is 1. The summed E-state index contributed by atoms with van der Waals surface area (Å²) in [5.41, 5.74) is 3.18. The van der Waals surface area contributed by atoms with Gasteiger partial charge in [-0.05, 0) is 35.7 Å². The minimum Gasteiger partial charge on any atom is -0.370 e. The first-order chi connectivity index (χ1) is 11.0. The van der Waals surface area contributed by atoms with Gasteiger partial charge in [0, 0.05) is 31.5 Å². The summed E-state index contributed by atoms with van der Waals surface area (Å²) in [6, 6.07) is 18.1. The summed E-state index contributed by atoms with van der Waals surface area (Å²) < 4.78 is 0. The molecule has 2 aromatic rings. The van der Waals surface area contributed by atoms with Gasteiger partial charge in [-0.2, -0.15) is 0 Å². The number of hydrogen-bond donors (Lipinski definition) is 2. The lowest BCUT2D eigenvalue weighted by Gasteiger charge is -2.20. The fraction of sp³-hybridized carbons (Fsp3) is 0.316.